The van der Waals surface area contributed by atoms with Gasteiger partial charge in [-0.1, -0.05) is 36.4 Å². The molecule has 10 nitrogen and oxygen atoms in total. The number of imidazole rings is 1. The number of anilines is 5. The van der Waals surface area contributed by atoms with Crippen molar-refractivity contribution < 1.29 is 13.5 Å². The minimum atomic E-state index is -3.63. The van der Waals surface area contributed by atoms with Crippen molar-refractivity contribution in [2.45, 2.75) is 51.3 Å². The van der Waals surface area contributed by atoms with Crippen molar-refractivity contribution in [3.8, 4) is 0 Å². The third-order valence-electron chi connectivity index (χ3n) is 7.52. The van der Waals surface area contributed by atoms with E-state index in [1.807, 2.05) is 66.1 Å². The number of nitrogens with zero attached hydrogens (tertiary/aromatic N) is 5. The first-order valence-corrected chi connectivity index (χ1v) is 15.7. The summed E-state index contributed by atoms with van der Waals surface area (Å²) >= 11 is 0. The molecule has 6 rings (SSSR count). The third kappa shape index (κ3) is 5.55. The van der Waals surface area contributed by atoms with E-state index in [-0.39, 0.29) is 12.1 Å². The number of aromatic nitrogens is 4. The molecule has 0 atom stereocenters. The maximum Gasteiger partial charge on any atom is 0.236 e. The Morgan fingerprint density at radius 2 is 1.71 bits per heavy atom. The first-order chi connectivity index (χ1) is 19.8. The van der Waals surface area contributed by atoms with Crippen molar-refractivity contribution in [3.63, 3.8) is 0 Å². The van der Waals surface area contributed by atoms with Crippen LogP contribution in [0.3, 0.4) is 0 Å². The molecule has 2 aromatic heterocycles. The minimum Gasteiger partial charge on any atom is -0.393 e. The summed E-state index contributed by atoms with van der Waals surface area (Å²) in [5.41, 5.74) is 3.23. The van der Waals surface area contributed by atoms with Gasteiger partial charge in [0.25, 0.3) is 0 Å². The number of aryl methyl sites for hydroxylation is 1. The van der Waals surface area contributed by atoms with E-state index in [0.717, 1.165) is 47.8 Å². The molecule has 1 aliphatic carbocycles. The van der Waals surface area contributed by atoms with E-state index in [0.29, 0.717) is 35.2 Å². The van der Waals surface area contributed by atoms with Crippen molar-refractivity contribution >= 4 is 60.8 Å². The number of rotatable bonds is 8. The van der Waals surface area contributed by atoms with Gasteiger partial charge in [0.15, 0.2) is 17.0 Å². The van der Waals surface area contributed by atoms with Crippen LogP contribution in [0.2, 0.25) is 0 Å². The molecular formula is C30H33N7O3S. The maximum atomic E-state index is 13.0. The highest BCUT2D eigenvalue weighted by atomic mass is 32.2. The standard InChI is InChI=1S/C30H33N7O3S/c1-3-36-19-31-27-28(34-30(35-29(27)36)33-22-13-17-24(38)18-14-22)32-21-11-15-23(16-12-21)37(41(2,39)40)26-10-6-8-20-7-4-5-9-25(20)26/h4-12,15-16,19,22,24,38H,3,13-14,17-18H2,1-2H3,(H2,32,33,34,35). The molecule has 0 amide bonds. The summed E-state index contributed by atoms with van der Waals surface area (Å²) in [5, 5.41) is 18.5. The zero-order chi connectivity index (χ0) is 28.6. The Morgan fingerprint density at radius 3 is 2.44 bits per heavy atom. The van der Waals surface area contributed by atoms with Crippen LogP contribution < -0.4 is 14.9 Å². The van der Waals surface area contributed by atoms with Gasteiger partial charge in [-0.25, -0.2) is 17.7 Å². The van der Waals surface area contributed by atoms with E-state index in [1.54, 1.807) is 18.5 Å². The van der Waals surface area contributed by atoms with Crippen LogP contribution in [-0.4, -0.2) is 51.4 Å². The smallest absolute Gasteiger partial charge is 0.236 e. The van der Waals surface area contributed by atoms with Crippen molar-refractivity contribution in [1.82, 2.24) is 19.5 Å². The summed E-state index contributed by atoms with van der Waals surface area (Å²) < 4.78 is 29.4. The number of hydrogen-bond donors (Lipinski definition) is 3. The van der Waals surface area contributed by atoms with Crippen LogP contribution >= 0.6 is 0 Å². The van der Waals surface area contributed by atoms with Crippen LogP contribution in [-0.2, 0) is 16.6 Å². The van der Waals surface area contributed by atoms with E-state index >= 15 is 0 Å². The number of aliphatic hydroxyl groups is 1. The Kier molecular flexibility index (Phi) is 7.22. The predicted octanol–water partition coefficient (Wildman–Crippen LogP) is 5.56. The molecule has 0 saturated heterocycles. The molecule has 3 N–H and O–H groups in total. The van der Waals surface area contributed by atoms with E-state index in [2.05, 4.69) is 15.6 Å². The number of aliphatic hydroxyl groups excluding tert-OH is 1. The van der Waals surface area contributed by atoms with Crippen molar-refractivity contribution in [3.05, 3.63) is 73.1 Å². The molecule has 0 spiro atoms. The van der Waals surface area contributed by atoms with Crippen molar-refractivity contribution in [1.29, 1.82) is 0 Å². The number of hydrogen-bond acceptors (Lipinski definition) is 8. The average Bonchev–Trinajstić information content (AvgIpc) is 3.38. The quantitative estimate of drug-likeness (QED) is 0.221. The Labute approximate surface area is 239 Å². The first kappa shape index (κ1) is 27.0. The highest BCUT2D eigenvalue weighted by molar-refractivity contribution is 7.92. The molecule has 0 aliphatic heterocycles. The monoisotopic (exact) mass is 571 g/mol. The predicted molar refractivity (Wildman–Crippen MR) is 164 cm³/mol. The van der Waals surface area contributed by atoms with Crippen LogP contribution in [0.5, 0.6) is 0 Å². The lowest BCUT2D eigenvalue weighted by Crippen LogP contribution is -2.29. The van der Waals surface area contributed by atoms with Gasteiger partial charge < -0.3 is 20.3 Å². The zero-order valence-corrected chi connectivity index (χ0v) is 23.8. The summed E-state index contributed by atoms with van der Waals surface area (Å²) in [6.45, 7) is 2.75. The molecule has 2 heterocycles. The second-order valence-electron chi connectivity index (χ2n) is 10.4. The lowest BCUT2D eigenvalue weighted by molar-refractivity contribution is 0.126. The van der Waals surface area contributed by atoms with Crippen LogP contribution in [0, 0.1) is 0 Å². The minimum absolute atomic E-state index is 0.192. The highest BCUT2D eigenvalue weighted by Gasteiger charge is 2.23. The fourth-order valence-corrected chi connectivity index (χ4v) is 6.46. The Morgan fingerprint density at radius 1 is 0.976 bits per heavy atom. The summed E-state index contributed by atoms with van der Waals surface area (Å²) in [6.07, 6.45) is 5.95. The third-order valence-corrected chi connectivity index (χ3v) is 8.59. The molecule has 3 aromatic carbocycles. The Bertz CT molecular complexity index is 1790. The summed E-state index contributed by atoms with van der Waals surface area (Å²) in [7, 11) is -3.63. The topological polar surface area (TPSA) is 125 Å². The van der Waals surface area contributed by atoms with E-state index in [1.165, 1.54) is 10.6 Å². The van der Waals surface area contributed by atoms with Crippen LogP contribution in [0.15, 0.2) is 73.1 Å². The van der Waals surface area contributed by atoms with E-state index in [9.17, 15) is 13.5 Å². The molecule has 212 valence electrons. The van der Waals surface area contributed by atoms with Gasteiger partial charge in [0.05, 0.1) is 30.1 Å². The van der Waals surface area contributed by atoms with Crippen LogP contribution in [0.4, 0.5) is 28.8 Å². The molecule has 1 saturated carbocycles. The molecule has 41 heavy (non-hydrogen) atoms. The van der Waals surface area contributed by atoms with Gasteiger partial charge in [-0.05, 0) is 68.3 Å². The van der Waals surface area contributed by atoms with Crippen LogP contribution in [0.25, 0.3) is 21.9 Å². The lowest BCUT2D eigenvalue weighted by atomic mass is 9.93. The Hall–Kier alpha value is -4.22. The van der Waals surface area contributed by atoms with Gasteiger partial charge >= 0.3 is 0 Å². The molecule has 5 aromatic rings. The lowest BCUT2D eigenvalue weighted by Gasteiger charge is -2.26. The van der Waals surface area contributed by atoms with Gasteiger partial charge in [-0.15, -0.1) is 0 Å². The van der Waals surface area contributed by atoms with Gasteiger partial charge in [-0.2, -0.15) is 9.97 Å². The van der Waals surface area contributed by atoms with Gasteiger partial charge in [0.1, 0.15) is 0 Å². The molecule has 1 aliphatic rings. The average molecular weight is 572 g/mol. The molecule has 0 radical (unpaired) electrons. The Balaban J connectivity index is 1.32. The second-order valence-corrected chi connectivity index (χ2v) is 12.3. The van der Waals surface area contributed by atoms with Gasteiger partial charge in [0, 0.05) is 23.7 Å². The molecule has 0 unspecified atom stereocenters. The maximum absolute atomic E-state index is 13.0. The van der Waals surface area contributed by atoms with E-state index in [4.69, 9.17) is 9.97 Å². The normalized spacial score (nSPS) is 17.5. The number of fused-ring (bicyclic) bond motifs is 2. The SMILES string of the molecule is CCn1cnc2c(Nc3ccc(N(c4cccc5ccccc45)S(C)(=O)=O)cc3)nc(NC3CCC(O)CC3)nc21. The number of sulfonamides is 1. The molecule has 1 fully saturated rings. The van der Waals surface area contributed by atoms with Crippen LogP contribution in [0.1, 0.15) is 32.6 Å². The molecule has 11 heteroatoms. The van der Waals surface area contributed by atoms with Gasteiger partial charge in [-0.3, -0.25) is 0 Å². The van der Waals surface area contributed by atoms with Crippen molar-refractivity contribution in [2.75, 3.05) is 21.2 Å². The second kappa shape index (κ2) is 11.0. The fraction of sp³-hybridized carbons (Fsp3) is 0.300. The number of benzene rings is 3. The van der Waals surface area contributed by atoms with E-state index < -0.39 is 10.0 Å². The van der Waals surface area contributed by atoms with Crippen molar-refractivity contribution in [2.24, 2.45) is 0 Å². The summed E-state index contributed by atoms with van der Waals surface area (Å²) in [4.78, 5) is 14.1. The first-order valence-electron chi connectivity index (χ1n) is 13.8. The zero-order valence-electron chi connectivity index (χ0n) is 23.0. The summed E-state index contributed by atoms with van der Waals surface area (Å²) in [6, 6.07) is 20.8. The highest BCUT2D eigenvalue weighted by Crippen LogP contribution is 2.35. The fourth-order valence-electron chi connectivity index (χ4n) is 5.44. The van der Waals surface area contributed by atoms with Gasteiger partial charge in [0.2, 0.25) is 16.0 Å². The largest absolute Gasteiger partial charge is 0.393 e. The summed E-state index contributed by atoms with van der Waals surface area (Å²) in [5.74, 6) is 1.06. The molecule has 0 bridgehead atoms. The molecular weight excluding hydrogens is 538 g/mol. The number of nitrogens with one attached hydrogen (secondary N) is 2.